The van der Waals surface area contributed by atoms with Crippen molar-refractivity contribution >= 4 is 21.7 Å². The molecular weight excluding hydrogens is 325 g/mol. The first-order valence-electron chi connectivity index (χ1n) is 8.30. The number of fused-ring (bicyclic) bond motifs is 1. The van der Waals surface area contributed by atoms with Gasteiger partial charge in [-0.25, -0.2) is 4.39 Å². The summed E-state index contributed by atoms with van der Waals surface area (Å²) in [7, 11) is -0.662. The van der Waals surface area contributed by atoms with Crippen molar-refractivity contribution in [2.75, 3.05) is 31.1 Å². The van der Waals surface area contributed by atoms with Crippen molar-refractivity contribution in [3.63, 3.8) is 0 Å². The van der Waals surface area contributed by atoms with E-state index in [-0.39, 0.29) is 11.4 Å². The zero-order valence-electron chi connectivity index (χ0n) is 14.2. The summed E-state index contributed by atoms with van der Waals surface area (Å²) >= 11 is 0. The molecule has 1 aromatic carbocycles. The van der Waals surface area contributed by atoms with E-state index in [4.69, 9.17) is 0 Å². The second-order valence-corrected chi connectivity index (χ2v) is 8.59. The highest BCUT2D eigenvalue weighted by Crippen LogP contribution is 2.19. The molecule has 24 heavy (non-hydrogen) atoms. The second kappa shape index (κ2) is 7.25. The second-order valence-electron chi connectivity index (χ2n) is 6.89. The van der Waals surface area contributed by atoms with Crippen molar-refractivity contribution in [1.29, 1.82) is 0 Å². The van der Waals surface area contributed by atoms with E-state index in [9.17, 15) is 8.60 Å². The molecule has 1 aliphatic rings. The Morgan fingerprint density at radius 3 is 2.83 bits per heavy atom. The van der Waals surface area contributed by atoms with Gasteiger partial charge >= 0.3 is 0 Å². The average Bonchev–Trinajstić information content (AvgIpc) is 2.55. The summed E-state index contributed by atoms with van der Waals surface area (Å²) in [6.07, 6.45) is 1.74. The van der Waals surface area contributed by atoms with Gasteiger partial charge in [-0.2, -0.15) is 0 Å². The monoisotopic (exact) mass is 349 g/mol. The van der Waals surface area contributed by atoms with Crippen molar-refractivity contribution in [2.24, 2.45) is 0 Å². The van der Waals surface area contributed by atoms with E-state index in [0.29, 0.717) is 6.54 Å². The summed E-state index contributed by atoms with van der Waals surface area (Å²) in [6.45, 7) is 7.47. The lowest BCUT2D eigenvalue weighted by atomic mass is 10.0. The van der Waals surface area contributed by atoms with Gasteiger partial charge < -0.3 is 5.32 Å². The molecule has 2 heterocycles. The van der Waals surface area contributed by atoms with Gasteiger partial charge in [0.2, 0.25) is 0 Å². The molecule has 0 radical (unpaired) electrons. The van der Waals surface area contributed by atoms with Gasteiger partial charge in [-0.1, -0.05) is 6.07 Å². The van der Waals surface area contributed by atoms with Gasteiger partial charge in [-0.3, -0.25) is 14.1 Å². The summed E-state index contributed by atoms with van der Waals surface area (Å²) in [5, 5.41) is 4.27. The van der Waals surface area contributed by atoms with Gasteiger partial charge in [0.25, 0.3) is 0 Å². The molecule has 0 atom stereocenters. The van der Waals surface area contributed by atoms with Crippen LogP contribution in [0.3, 0.4) is 0 Å². The Balaban J connectivity index is 1.65. The lowest BCUT2D eigenvalue weighted by molar-refractivity contribution is 0.130. The summed E-state index contributed by atoms with van der Waals surface area (Å²) in [5.41, 5.74) is 1.69. The van der Waals surface area contributed by atoms with E-state index in [1.54, 1.807) is 12.3 Å². The number of hydrogen-bond donors (Lipinski definition) is 1. The van der Waals surface area contributed by atoms with Crippen LogP contribution in [-0.2, 0) is 17.3 Å². The Bertz CT molecular complexity index is 740. The number of benzene rings is 1. The molecule has 0 amide bonds. The third-order valence-corrected chi connectivity index (χ3v) is 5.93. The molecule has 0 bridgehead atoms. The maximum Gasteiger partial charge on any atom is 0.124 e. The van der Waals surface area contributed by atoms with Gasteiger partial charge in [-0.05, 0) is 37.6 Å². The number of rotatable bonds is 5. The van der Waals surface area contributed by atoms with E-state index in [1.165, 1.54) is 6.07 Å². The van der Waals surface area contributed by atoms with Crippen LogP contribution < -0.4 is 5.32 Å². The van der Waals surface area contributed by atoms with Crippen LogP contribution in [0.2, 0.25) is 0 Å². The Hall–Kier alpha value is -1.37. The Morgan fingerprint density at radius 1 is 1.33 bits per heavy atom. The molecule has 1 aliphatic heterocycles. The van der Waals surface area contributed by atoms with Gasteiger partial charge in [-0.15, -0.1) is 0 Å². The minimum Gasteiger partial charge on any atom is -0.311 e. The lowest BCUT2D eigenvalue weighted by Gasteiger charge is -2.40. The number of hydrogen-bond acceptors (Lipinski definition) is 4. The van der Waals surface area contributed by atoms with Crippen LogP contribution in [0.15, 0.2) is 30.5 Å². The van der Waals surface area contributed by atoms with E-state index < -0.39 is 10.8 Å². The number of nitrogens with zero attached hydrogens (tertiary/aromatic N) is 2. The zero-order chi connectivity index (χ0) is 17.2. The predicted molar refractivity (Wildman–Crippen MR) is 96.9 cm³/mol. The first-order valence-corrected chi connectivity index (χ1v) is 9.78. The van der Waals surface area contributed by atoms with Gasteiger partial charge in [0.1, 0.15) is 5.82 Å². The summed E-state index contributed by atoms with van der Waals surface area (Å²) in [4.78, 5) is 6.76. The van der Waals surface area contributed by atoms with E-state index in [0.717, 1.165) is 47.6 Å². The Morgan fingerprint density at radius 2 is 2.08 bits per heavy atom. The molecule has 1 saturated heterocycles. The molecule has 4 nitrogen and oxygen atoms in total. The molecular formula is C18H24FN3OS. The van der Waals surface area contributed by atoms with Crippen molar-refractivity contribution in [2.45, 2.75) is 25.9 Å². The summed E-state index contributed by atoms with van der Waals surface area (Å²) in [6, 6.07) is 6.78. The maximum absolute atomic E-state index is 13.8. The molecule has 0 saturated carbocycles. The van der Waals surface area contributed by atoms with E-state index in [2.05, 4.69) is 29.0 Å². The Kier molecular flexibility index (Phi) is 5.27. The predicted octanol–water partition coefficient (Wildman–Crippen LogP) is 2.31. The van der Waals surface area contributed by atoms with Gasteiger partial charge in [0, 0.05) is 65.6 Å². The van der Waals surface area contributed by atoms with Crippen LogP contribution in [0, 0.1) is 5.82 Å². The average molecular weight is 349 g/mol. The molecule has 2 aromatic rings. The fraction of sp³-hybridized carbons (Fsp3) is 0.500. The van der Waals surface area contributed by atoms with Crippen LogP contribution in [-0.4, -0.2) is 50.8 Å². The van der Waals surface area contributed by atoms with Crippen LogP contribution in [0.25, 0.3) is 10.9 Å². The number of nitrogens with one attached hydrogen (secondary N) is 1. The lowest BCUT2D eigenvalue weighted by Crippen LogP contribution is -2.55. The molecule has 0 aliphatic carbocycles. The first kappa shape index (κ1) is 17.5. The third-order valence-electron chi connectivity index (χ3n) is 4.66. The quantitative estimate of drug-likeness (QED) is 0.900. The number of aromatic nitrogens is 1. The molecule has 1 aromatic heterocycles. The first-order chi connectivity index (χ1) is 11.5. The topological polar surface area (TPSA) is 45.2 Å². The van der Waals surface area contributed by atoms with Crippen LogP contribution in [0.1, 0.15) is 19.4 Å². The standard InChI is InChI=1S/C18H24FN3OS/c1-18(2,22-6-8-24(23)9-7-22)13-20-12-15-11-16(19)10-14-4-3-5-21-17(14)15/h3-5,10-11,20H,6-9,12-13H2,1-2H3. The minimum absolute atomic E-state index is 0.0266. The van der Waals surface area contributed by atoms with Crippen molar-refractivity contribution in [3.05, 3.63) is 41.8 Å². The smallest absolute Gasteiger partial charge is 0.124 e. The van der Waals surface area contributed by atoms with Crippen LogP contribution >= 0.6 is 0 Å². The zero-order valence-corrected chi connectivity index (χ0v) is 15.0. The molecule has 6 heteroatoms. The van der Waals surface area contributed by atoms with Crippen molar-refractivity contribution in [1.82, 2.24) is 15.2 Å². The molecule has 1 N–H and O–H groups in total. The maximum atomic E-state index is 13.8. The third kappa shape index (κ3) is 3.99. The highest BCUT2D eigenvalue weighted by atomic mass is 32.2. The molecule has 1 fully saturated rings. The van der Waals surface area contributed by atoms with Crippen molar-refractivity contribution in [3.8, 4) is 0 Å². The minimum atomic E-state index is -0.662. The summed E-state index contributed by atoms with van der Waals surface area (Å²) < 4.78 is 25.3. The van der Waals surface area contributed by atoms with Gasteiger partial charge in [0.05, 0.1) is 5.52 Å². The molecule has 0 spiro atoms. The molecule has 0 unspecified atom stereocenters. The normalized spacial score (nSPS) is 17.5. The van der Waals surface area contributed by atoms with Gasteiger partial charge in [0.15, 0.2) is 0 Å². The van der Waals surface area contributed by atoms with Crippen molar-refractivity contribution < 1.29 is 8.60 Å². The largest absolute Gasteiger partial charge is 0.311 e. The molecule has 130 valence electrons. The molecule has 3 rings (SSSR count). The fourth-order valence-corrected chi connectivity index (χ4v) is 4.27. The SMILES string of the molecule is CC(C)(CNCc1cc(F)cc2cccnc12)N1CCS(=O)CC1. The number of halogens is 1. The summed E-state index contributed by atoms with van der Waals surface area (Å²) in [5.74, 6) is 1.27. The van der Waals surface area contributed by atoms with E-state index in [1.807, 2.05) is 12.1 Å². The van der Waals surface area contributed by atoms with E-state index >= 15 is 0 Å². The highest BCUT2D eigenvalue weighted by Gasteiger charge is 2.29. The van der Waals surface area contributed by atoms with Crippen LogP contribution in [0.5, 0.6) is 0 Å². The number of pyridine rings is 1. The Labute approximate surface area is 144 Å². The van der Waals surface area contributed by atoms with Crippen LogP contribution in [0.4, 0.5) is 4.39 Å². The highest BCUT2D eigenvalue weighted by molar-refractivity contribution is 7.85. The fourth-order valence-electron chi connectivity index (χ4n) is 3.22.